The molecule has 0 unspecified atom stereocenters. The maximum atomic E-state index is 4.50. The molecule has 0 aromatic rings. The maximum absolute atomic E-state index is 4.50. The van der Waals surface area contributed by atoms with E-state index in [1.807, 2.05) is 48.6 Å². The molecule has 0 spiro atoms. The lowest BCUT2D eigenvalue weighted by molar-refractivity contribution is 0.864. The van der Waals surface area contributed by atoms with Crippen LogP contribution in [0.2, 0.25) is 0 Å². The van der Waals surface area contributed by atoms with Gasteiger partial charge in [0.25, 0.3) is 0 Å². The quantitative estimate of drug-likeness (QED) is 0.534. The normalized spacial score (nSPS) is 4.12. The van der Waals surface area contributed by atoms with Crippen LogP contribution in [0.25, 0.3) is 0 Å². The molecule has 0 atom stereocenters. The molecule has 16 heavy (non-hydrogen) atoms. The van der Waals surface area contributed by atoms with Gasteiger partial charge in [-0.25, -0.2) is 0 Å². The highest BCUT2D eigenvalue weighted by Gasteiger charge is 1.50. The summed E-state index contributed by atoms with van der Waals surface area (Å²) in [5, 5.41) is 2.93. The molecule has 0 aliphatic rings. The van der Waals surface area contributed by atoms with E-state index in [2.05, 4.69) is 43.0 Å². The monoisotopic (exact) mass is 232 g/mol. The van der Waals surface area contributed by atoms with Gasteiger partial charge in [-0.1, -0.05) is 34.6 Å². The largest absolute Gasteiger partial charge is 0.333 e. The lowest BCUT2D eigenvalue weighted by Gasteiger charge is -1.76. The number of hydrogen-bond acceptors (Lipinski definition) is 2. The van der Waals surface area contributed by atoms with Crippen molar-refractivity contribution in [3.05, 3.63) is 13.2 Å². The van der Waals surface area contributed by atoms with Crippen molar-refractivity contribution in [1.82, 2.24) is 5.32 Å². The fourth-order valence-corrected chi connectivity index (χ4v) is 0. The van der Waals surface area contributed by atoms with Gasteiger partial charge in [0.05, 0.1) is 0 Å². The van der Waals surface area contributed by atoms with Crippen LogP contribution in [0.3, 0.4) is 0 Å². The highest BCUT2D eigenvalue weighted by Crippen LogP contribution is 1.39. The molecule has 102 valence electrons. The smallest absolute Gasteiger partial charge is 0.00271 e. The second-order valence-corrected chi connectivity index (χ2v) is 1.21. The fourth-order valence-electron chi connectivity index (χ4n) is 0. The van der Waals surface area contributed by atoms with E-state index in [1.165, 1.54) is 7.05 Å². The van der Waals surface area contributed by atoms with Crippen molar-refractivity contribution in [2.75, 3.05) is 20.6 Å². The second kappa shape index (κ2) is 240. The summed E-state index contributed by atoms with van der Waals surface area (Å²) in [5.74, 6) is 5.36. The van der Waals surface area contributed by atoms with Crippen LogP contribution >= 0.6 is 0 Å². The molecule has 0 aromatic carbocycles. The van der Waals surface area contributed by atoms with Crippen molar-refractivity contribution in [1.29, 1.82) is 0 Å². The first kappa shape index (κ1) is 36.2. The van der Waals surface area contributed by atoms with Crippen LogP contribution in [-0.2, 0) is 0 Å². The molecule has 0 saturated heterocycles. The Kier molecular flexibility index (Phi) is 542. The van der Waals surface area contributed by atoms with Crippen molar-refractivity contribution < 1.29 is 0 Å². The molecule has 0 heterocycles. The van der Waals surface area contributed by atoms with E-state index in [9.17, 15) is 0 Å². The zero-order chi connectivity index (χ0) is 14.8. The summed E-state index contributed by atoms with van der Waals surface area (Å²) < 4.78 is 0. The van der Waals surface area contributed by atoms with E-state index in [-0.39, 0.29) is 0 Å². The first-order chi connectivity index (χ1) is 7.83. The summed E-state index contributed by atoms with van der Waals surface area (Å²) in [4.78, 5) is 0. The Morgan fingerprint density at radius 3 is 1.06 bits per heavy atom. The highest BCUT2D eigenvalue weighted by atomic mass is 14.8. The van der Waals surface area contributed by atoms with E-state index >= 15 is 0 Å². The summed E-state index contributed by atoms with van der Waals surface area (Å²) in [5.41, 5.74) is 4.50. The Balaban J connectivity index is -0.0000000196. The van der Waals surface area contributed by atoms with Gasteiger partial charge >= 0.3 is 0 Å². The van der Waals surface area contributed by atoms with Crippen LogP contribution < -0.4 is 11.1 Å². The third-order valence-corrected chi connectivity index (χ3v) is 0.604. The molecule has 3 N–H and O–H groups in total. The van der Waals surface area contributed by atoms with Crippen molar-refractivity contribution >= 4 is 0 Å². The molecule has 0 aromatic heterocycles. The molecule has 0 aliphatic carbocycles. The molecule has 0 radical (unpaired) electrons. The van der Waals surface area contributed by atoms with Crippen molar-refractivity contribution in [3.63, 3.8) is 0 Å². The third-order valence-electron chi connectivity index (χ3n) is 0.604. The predicted molar refractivity (Wildman–Crippen MR) is 82.8 cm³/mol. The van der Waals surface area contributed by atoms with Gasteiger partial charge in [-0.05, 0) is 34.5 Å². The van der Waals surface area contributed by atoms with Crippen LogP contribution in [0.1, 0.15) is 48.5 Å². The molecule has 2 nitrogen and oxygen atoms in total. The van der Waals surface area contributed by atoms with Crippen molar-refractivity contribution in [2.45, 2.75) is 48.5 Å². The summed E-state index contributed by atoms with van der Waals surface area (Å²) in [6, 6.07) is 0. The summed E-state index contributed by atoms with van der Waals surface area (Å²) in [6.45, 7) is 20.8. The zero-order valence-electron chi connectivity index (χ0n) is 13.2. The Hall–Kier alpha value is -0.780. The standard InChI is InChI=1S/C4H6.C3H9N.2C2H6.C2H4.CH5N/c2*1-3-4-2;4*1-2/h1-2H3;4H,3H2,1-2H3;2*1-2H3;1-2H2;2H2,1H3. The summed E-state index contributed by atoms with van der Waals surface area (Å²) in [7, 11) is 3.43. The molecule has 0 amide bonds. The highest BCUT2D eigenvalue weighted by molar-refractivity contribution is 4.89. The Morgan fingerprint density at radius 1 is 0.938 bits per heavy atom. The Morgan fingerprint density at radius 2 is 1.06 bits per heavy atom. The van der Waals surface area contributed by atoms with Crippen LogP contribution in [0.5, 0.6) is 0 Å². The van der Waals surface area contributed by atoms with Gasteiger partial charge in [0.2, 0.25) is 0 Å². The molecule has 0 saturated carbocycles. The number of hydrogen-bond donors (Lipinski definition) is 2. The van der Waals surface area contributed by atoms with Crippen LogP contribution in [-0.4, -0.2) is 20.6 Å². The Labute approximate surface area is 106 Å². The second-order valence-electron chi connectivity index (χ2n) is 1.21. The van der Waals surface area contributed by atoms with Gasteiger partial charge in [0.15, 0.2) is 0 Å². The molecule has 2 heteroatoms. The molecule has 0 aliphatic heterocycles. The fraction of sp³-hybridized carbons (Fsp3) is 0.714. The van der Waals surface area contributed by atoms with Crippen LogP contribution in [0, 0.1) is 11.8 Å². The SMILES string of the molecule is C=C.CC.CC.CC#CC.CCNC.CN. The topological polar surface area (TPSA) is 38.0 Å². The Bertz CT molecular complexity index is 72.5. The van der Waals surface area contributed by atoms with E-state index in [4.69, 9.17) is 0 Å². The van der Waals surface area contributed by atoms with Gasteiger partial charge in [-0.2, -0.15) is 0 Å². The van der Waals surface area contributed by atoms with Gasteiger partial charge in [-0.3, -0.25) is 0 Å². The average molecular weight is 232 g/mol. The zero-order valence-corrected chi connectivity index (χ0v) is 13.2. The lowest BCUT2D eigenvalue weighted by atomic mass is 10.7. The summed E-state index contributed by atoms with van der Waals surface area (Å²) in [6.07, 6.45) is 0. The van der Waals surface area contributed by atoms with Crippen LogP contribution in [0.15, 0.2) is 13.2 Å². The van der Waals surface area contributed by atoms with Gasteiger partial charge < -0.3 is 11.1 Å². The molecule has 0 fully saturated rings. The predicted octanol–water partition coefficient (Wildman–Crippen LogP) is 3.68. The van der Waals surface area contributed by atoms with E-state index < -0.39 is 0 Å². The van der Waals surface area contributed by atoms with Crippen LogP contribution in [0.4, 0.5) is 0 Å². The molecule has 0 rings (SSSR count). The number of nitrogens with one attached hydrogen (secondary N) is 1. The van der Waals surface area contributed by atoms with Gasteiger partial charge in [0.1, 0.15) is 0 Å². The molecule has 0 bridgehead atoms. The first-order valence-electron chi connectivity index (χ1n) is 5.89. The maximum Gasteiger partial charge on any atom is -0.00271 e. The number of nitrogens with two attached hydrogens (primary N) is 1. The minimum absolute atomic E-state index is 1.07. The average Bonchev–Trinajstić information content (AvgIpc) is 2.47. The van der Waals surface area contributed by atoms with E-state index in [0.717, 1.165) is 6.54 Å². The van der Waals surface area contributed by atoms with Gasteiger partial charge in [-0.15, -0.1) is 25.0 Å². The minimum atomic E-state index is 1.07. The lowest BCUT2D eigenvalue weighted by Crippen LogP contribution is -2.01. The number of rotatable bonds is 1. The van der Waals surface area contributed by atoms with E-state index in [0.29, 0.717) is 0 Å². The minimum Gasteiger partial charge on any atom is -0.333 e. The van der Waals surface area contributed by atoms with Crippen molar-refractivity contribution in [2.24, 2.45) is 5.73 Å². The van der Waals surface area contributed by atoms with Gasteiger partial charge in [0, 0.05) is 0 Å². The molecular formula is C14H36N2. The van der Waals surface area contributed by atoms with E-state index in [1.54, 1.807) is 0 Å². The summed E-state index contributed by atoms with van der Waals surface area (Å²) >= 11 is 0. The molecular weight excluding hydrogens is 196 g/mol. The van der Waals surface area contributed by atoms with Crippen molar-refractivity contribution in [3.8, 4) is 11.8 Å². The third kappa shape index (κ3) is 1330. The first-order valence-corrected chi connectivity index (χ1v) is 5.89.